The molecule has 1 aromatic carbocycles. The van der Waals surface area contributed by atoms with Crippen LogP contribution in [0.25, 0.3) is 22.3 Å². The first-order valence-corrected chi connectivity index (χ1v) is 9.55. The monoisotopic (exact) mass is 409 g/mol. The number of esters is 1. The van der Waals surface area contributed by atoms with Crippen molar-refractivity contribution >= 4 is 28.9 Å². The van der Waals surface area contributed by atoms with E-state index in [0.29, 0.717) is 29.0 Å². The fourth-order valence-electron chi connectivity index (χ4n) is 3.02. The number of carbonyl (C=O) groups is 3. The van der Waals surface area contributed by atoms with E-state index in [1.807, 2.05) is 37.3 Å². The van der Waals surface area contributed by atoms with Crippen LogP contribution in [0.15, 0.2) is 36.4 Å². The average Bonchev–Trinajstić information content (AvgIpc) is 3.04. The standard InChI is InChI=1S/C21H23N5O4/c1-4-10-22-21(29)24-17(27)12-30-20(28)15-11-16(14-8-6-5-7-9-14)23-19-18(15)13(2)25-26(19)3/h5-9,11H,4,10,12H2,1-3H3,(H2,22,24,27,29). The first-order valence-electron chi connectivity index (χ1n) is 9.55. The normalized spacial score (nSPS) is 10.6. The molecule has 156 valence electrons. The Morgan fingerprint density at radius 2 is 1.90 bits per heavy atom. The van der Waals surface area contributed by atoms with Gasteiger partial charge in [0.15, 0.2) is 12.3 Å². The van der Waals surface area contributed by atoms with Crippen molar-refractivity contribution in [3.8, 4) is 11.3 Å². The van der Waals surface area contributed by atoms with Gasteiger partial charge in [-0.1, -0.05) is 37.3 Å². The molecule has 2 aromatic heterocycles. The summed E-state index contributed by atoms with van der Waals surface area (Å²) in [4.78, 5) is 40.9. The lowest BCUT2D eigenvalue weighted by Crippen LogP contribution is -2.41. The van der Waals surface area contributed by atoms with Gasteiger partial charge in [0.1, 0.15) is 0 Å². The molecule has 0 spiro atoms. The minimum Gasteiger partial charge on any atom is -0.452 e. The number of imide groups is 1. The number of pyridine rings is 1. The minimum absolute atomic E-state index is 0.257. The molecule has 30 heavy (non-hydrogen) atoms. The maximum atomic E-state index is 12.8. The number of aryl methyl sites for hydroxylation is 2. The van der Waals surface area contributed by atoms with Gasteiger partial charge in [0.05, 0.1) is 22.3 Å². The Balaban J connectivity index is 1.84. The molecule has 0 aliphatic rings. The molecule has 0 radical (unpaired) electrons. The Hall–Kier alpha value is -3.75. The van der Waals surface area contributed by atoms with Gasteiger partial charge in [-0.2, -0.15) is 5.10 Å². The highest BCUT2D eigenvalue weighted by Gasteiger charge is 2.21. The smallest absolute Gasteiger partial charge is 0.339 e. The molecule has 0 atom stereocenters. The molecule has 2 heterocycles. The van der Waals surface area contributed by atoms with Crippen LogP contribution < -0.4 is 10.6 Å². The quantitative estimate of drug-likeness (QED) is 0.604. The fourth-order valence-corrected chi connectivity index (χ4v) is 3.02. The van der Waals surface area contributed by atoms with Crippen LogP contribution >= 0.6 is 0 Å². The van der Waals surface area contributed by atoms with E-state index in [-0.39, 0.29) is 5.56 Å². The third kappa shape index (κ3) is 4.62. The number of fused-ring (bicyclic) bond motifs is 1. The molecule has 2 N–H and O–H groups in total. The number of carbonyl (C=O) groups excluding carboxylic acids is 3. The van der Waals surface area contributed by atoms with Crippen molar-refractivity contribution in [3.05, 3.63) is 47.7 Å². The molecule has 3 amide bonds. The average molecular weight is 409 g/mol. The van der Waals surface area contributed by atoms with Crippen LogP contribution in [-0.2, 0) is 16.6 Å². The molecule has 0 unspecified atom stereocenters. The number of nitrogens with one attached hydrogen (secondary N) is 2. The van der Waals surface area contributed by atoms with Crippen molar-refractivity contribution < 1.29 is 19.1 Å². The van der Waals surface area contributed by atoms with Gasteiger partial charge in [-0.25, -0.2) is 14.6 Å². The summed E-state index contributed by atoms with van der Waals surface area (Å²) in [6, 6.07) is 10.4. The van der Waals surface area contributed by atoms with E-state index >= 15 is 0 Å². The number of urea groups is 1. The lowest BCUT2D eigenvalue weighted by Gasteiger charge is -2.09. The number of aromatic nitrogens is 3. The molecule has 0 saturated heterocycles. The lowest BCUT2D eigenvalue weighted by molar-refractivity contribution is -0.123. The first-order chi connectivity index (χ1) is 14.4. The molecule has 9 nitrogen and oxygen atoms in total. The molecule has 3 rings (SSSR count). The first kappa shape index (κ1) is 21.0. The van der Waals surface area contributed by atoms with Crippen LogP contribution in [0.2, 0.25) is 0 Å². The van der Waals surface area contributed by atoms with Crippen molar-refractivity contribution in [1.29, 1.82) is 0 Å². The zero-order valence-corrected chi connectivity index (χ0v) is 17.1. The topological polar surface area (TPSA) is 115 Å². The second-order valence-electron chi connectivity index (χ2n) is 6.71. The lowest BCUT2D eigenvalue weighted by atomic mass is 10.1. The van der Waals surface area contributed by atoms with Crippen molar-refractivity contribution in [2.75, 3.05) is 13.2 Å². The maximum Gasteiger partial charge on any atom is 0.339 e. The van der Waals surface area contributed by atoms with E-state index in [1.165, 1.54) is 0 Å². The van der Waals surface area contributed by atoms with Gasteiger partial charge in [-0.05, 0) is 19.4 Å². The number of rotatable bonds is 6. The molecule has 9 heteroatoms. The summed E-state index contributed by atoms with van der Waals surface area (Å²) in [5.41, 5.74) is 2.82. The third-order valence-electron chi connectivity index (χ3n) is 4.38. The SMILES string of the molecule is CCCNC(=O)NC(=O)COC(=O)c1cc(-c2ccccc2)nc2c1c(C)nn2C. The van der Waals surface area contributed by atoms with Gasteiger partial charge in [0.25, 0.3) is 5.91 Å². The summed E-state index contributed by atoms with van der Waals surface area (Å²) >= 11 is 0. The van der Waals surface area contributed by atoms with Crippen LogP contribution in [0, 0.1) is 6.92 Å². The predicted octanol–water partition coefficient (Wildman–Crippen LogP) is 2.34. The Bertz CT molecular complexity index is 1090. The fraction of sp³-hybridized carbons (Fsp3) is 0.286. The van der Waals surface area contributed by atoms with E-state index in [4.69, 9.17) is 4.74 Å². The zero-order valence-electron chi connectivity index (χ0n) is 17.1. The van der Waals surface area contributed by atoms with Crippen LogP contribution in [-0.4, -0.2) is 45.8 Å². The van der Waals surface area contributed by atoms with Crippen LogP contribution in [0.3, 0.4) is 0 Å². The van der Waals surface area contributed by atoms with Crippen LogP contribution in [0.1, 0.15) is 29.4 Å². The van der Waals surface area contributed by atoms with E-state index in [0.717, 1.165) is 12.0 Å². The number of ether oxygens (including phenoxy) is 1. The number of nitrogens with zero attached hydrogens (tertiary/aromatic N) is 3. The Kier molecular flexibility index (Phi) is 6.41. The maximum absolute atomic E-state index is 12.8. The Morgan fingerprint density at radius 1 is 1.17 bits per heavy atom. The van der Waals surface area contributed by atoms with Crippen molar-refractivity contribution in [2.24, 2.45) is 7.05 Å². The number of hydrogen-bond donors (Lipinski definition) is 2. The number of hydrogen-bond acceptors (Lipinski definition) is 6. The minimum atomic E-state index is -0.714. The summed E-state index contributed by atoms with van der Waals surface area (Å²) in [6.07, 6.45) is 0.739. The molecule has 0 bridgehead atoms. The van der Waals surface area contributed by atoms with E-state index < -0.39 is 24.5 Å². The highest BCUT2D eigenvalue weighted by molar-refractivity contribution is 6.05. The molecule has 0 aliphatic carbocycles. The van der Waals surface area contributed by atoms with Gasteiger partial charge in [-0.15, -0.1) is 0 Å². The van der Waals surface area contributed by atoms with Gasteiger partial charge in [-0.3, -0.25) is 14.8 Å². The van der Waals surface area contributed by atoms with E-state index in [2.05, 4.69) is 20.7 Å². The van der Waals surface area contributed by atoms with Crippen molar-refractivity contribution in [3.63, 3.8) is 0 Å². The molecular weight excluding hydrogens is 386 g/mol. The van der Waals surface area contributed by atoms with Gasteiger partial charge < -0.3 is 10.1 Å². The van der Waals surface area contributed by atoms with Gasteiger partial charge in [0.2, 0.25) is 0 Å². The van der Waals surface area contributed by atoms with Crippen molar-refractivity contribution in [1.82, 2.24) is 25.4 Å². The molecule has 0 aliphatic heterocycles. The van der Waals surface area contributed by atoms with Crippen molar-refractivity contribution in [2.45, 2.75) is 20.3 Å². The Morgan fingerprint density at radius 3 is 2.60 bits per heavy atom. The third-order valence-corrected chi connectivity index (χ3v) is 4.38. The molecule has 0 fully saturated rings. The second kappa shape index (κ2) is 9.17. The highest BCUT2D eigenvalue weighted by Crippen LogP contribution is 2.27. The van der Waals surface area contributed by atoms with Crippen LogP contribution in [0.5, 0.6) is 0 Å². The largest absolute Gasteiger partial charge is 0.452 e. The highest BCUT2D eigenvalue weighted by atomic mass is 16.5. The second-order valence-corrected chi connectivity index (χ2v) is 6.71. The number of amides is 3. The van der Waals surface area contributed by atoms with Gasteiger partial charge in [0, 0.05) is 19.2 Å². The Labute approximate surface area is 173 Å². The van der Waals surface area contributed by atoms with E-state index in [9.17, 15) is 14.4 Å². The van der Waals surface area contributed by atoms with E-state index in [1.54, 1.807) is 24.7 Å². The predicted molar refractivity (Wildman–Crippen MR) is 111 cm³/mol. The zero-order chi connectivity index (χ0) is 21.7. The summed E-state index contributed by atoms with van der Waals surface area (Å²) < 4.78 is 6.76. The van der Waals surface area contributed by atoms with Crippen LogP contribution in [0.4, 0.5) is 4.79 Å². The van der Waals surface area contributed by atoms with Gasteiger partial charge >= 0.3 is 12.0 Å². The summed E-state index contributed by atoms with van der Waals surface area (Å²) in [5.74, 6) is -1.41. The molecule has 3 aromatic rings. The summed E-state index contributed by atoms with van der Waals surface area (Å²) in [5, 5.41) is 9.53. The summed E-state index contributed by atoms with van der Waals surface area (Å²) in [7, 11) is 1.74. The molecular formula is C21H23N5O4. The summed E-state index contributed by atoms with van der Waals surface area (Å²) in [6.45, 7) is 3.52. The molecule has 0 saturated carbocycles. The number of benzene rings is 1.